The molecule has 0 aromatic rings. The Balaban J connectivity index is 3.54. The zero-order valence-electron chi connectivity index (χ0n) is 39.3. The van der Waals surface area contributed by atoms with Gasteiger partial charge in [0.05, 0.1) is 18.8 Å². The van der Waals surface area contributed by atoms with Crippen LogP contribution in [-0.2, 0) is 4.79 Å². The molecule has 4 nitrogen and oxygen atoms in total. The summed E-state index contributed by atoms with van der Waals surface area (Å²) in [5.41, 5.74) is 0. The number of rotatable bonds is 46. The summed E-state index contributed by atoms with van der Waals surface area (Å²) in [5, 5.41) is 23.3. The summed E-state index contributed by atoms with van der Waals surface area (Å²) in [5.74, 6) is -0.0371. The molecule has 2 unspecified atom stereocenters. The van der Waals surface area contributed by atoms with Crippen molar-refractivity contribution in [1.82, 2.24) is 5.32 Å². The molecule has 0 aliphatic heterocycles. The summed E-state index contributed by atoms with van der Waals surface area (Å²) in [6.45, 7) is 4.25. The van der Waals surface area contributed by atoms with Gasteiger partial charge in [-0.05, 0) is 64.2 Å². The Hall–Kier alpha value is -2.17. The highest BCUT2D eigenvalue weighted by atomic mass is 16.3. The van der Waals surface area contributed by atoms with E-state index in [1.807, 2.05) is 0 Å². The topological polar surface area (TPSA) is 69.6 Å². The monoisotopic (exact) mass is 822 g/mol. The van der Waals surface area contributed by atoms with Crippen LogP contribution in [0.5, 0.6) is 0 Å². The van der Waals surface area contributed by atoms with Crippen molar-refractivity contribution >= 4 is 5.91 Å². The van der Waals surface area contributed by atoms with Gasteiger partial charge in [-0.25, -0.2) is 0 Å². The van der Waals surface area contributed by atoms with E-state index in [0.717, 1.165) is 64.2 Å². The fourth-order valence-electron chi connectivity index (χ4n) is 7.60. The first kappa shape index (κ1) is 56.8. The molecule has 0 aromatic heterocycles. The third kappa shape index (κ3) is 46.7. The molecule has 0 aliphatic rings. The number of aliphatic hydroxyl groups excluding tert-OH is 2. The Kier molecular flexibility index (Phi) is 48.3. The number of carbonyl (C=O) groups excluding carboxylic acids is 1. The van der Waals surface area contributed by atoms with E-state index < -0.39 is 12.1 Å². The maximum atomic E-state index is 12.5. The maximum absolute atomic E-state index is 12.5. The summed E-state index contributed by atoms with van der Waals surface area (Å²) in [6.07, 6.45) is 71.4. The highest BCUT2D eigenvalue weighted by molar-refractivity contribution is 5.76. The van der Waals surface area contributed by atoms with Gasteiger partial charge in [0.2, 0.25) is 5.91 Å². The minimum absolute atomic E-state index is 0.0371. The van der Waals surface area contributed by atoms with Crippen LogP contribution in [0.15, 0.2) is 72.9 Å². The van der Waals surface area contributed by atoms with E-state index >= 15 is 0 Å². The van der Waals surface area contributed by atoms with Gasteiger partial charge in [-0.1, -0.05) is 254 Å². The Labute approximate surface area is 368 Å². The fraction of sp³-hybridized carbons (Fsp3) is 0.764. The molecule has 0 saturated carbocycles. The minimum atomic E-state index is -0.665. The normalized spacial score (nSPS) is 13.5. The number of carbonyl (C=O) groups is 1. The average molecular weight is 822 g/mol. The second-order valence-corrected chi connectivity index (χ2v) is 17.2. The molecule has 0 spiro atoms. The van der Waals surface area contributed by atoms with Crippen molar-refractivity contribution in [3.05, 3.63) is 72.9 Å². The quantitative estimate of drug-likeness (QED) is 0.0423. The lowest BCUT2D eigenvalue weighted by atomic mass is 10.0. The number of hydrogen-bond donors (Lipinski definition) is 3. The summed E-state index contributed by atoms with van der Waals surface area (Å²) < 4.78 is 0. The molecule has 1 amide bonds. The second-order valence-electron chi connectivity index (χ2n) is 17.2. The van der Waals surface area contributed by atoms with E-state index in [1.54, 1.807) is 0 Å². The molecule has 2 atom stereocenters. The number of amides is 1. The van der Waals surface area contributed by atoms with Gasteiger partial charge in [-0.2, -0.15) is 0 Å². The van der Waals surface area contributed by atoms with Gasteiger partial charge >= 0.3 is 0 Å². The Morgan fingerprint density at radius 3 is 1.12 bits per heavy atom. The van der Waals surface area contributed by atoms with E-state index in [9.17, 15) is 15.0 Å². The molecule has 0 saturated heterocycles. The Bertz CT molecular complexity index is 1020. The summed E-state index contributed by atoms with van der Waals surface area (Å²) in [4.78, 5) is 12.5. The zero-order valence-corrected chi connectivity index (χ0v) is 39.3. The van der Waals surface area contributed by atoms with Crippen molar-refractivity contribution in [1.29, 1.82) is 0 Å². The van der Waals surface area contributed by atoms with Crippen molar-refractivity contribution in [2.24, 2.45) is 0 Å². The van der Waals surface area contributed by atoms with Gasteiger partial charge in [-0.3, -0.25) is 4.79 Å². The number of hydrogen-bond acceptors (Lipinski definition) is 3. The van der Waals surface area contributed by atoms with Crippen LogP contribution in [0.25, 0.3) is 0 Å². The molecule has 0 fully saturated rings. The van der Waals surface area contributed by atoms with Gasteiger partial charge in [-0.15, -0.1) is 0 Å². The lowest BCUT2D eigenvalue weighted by Gasteiger charge is -2.22. The summed E-state index contributed by atoms with van der Waals surface area (Å²) in [6, 6.07) is -0.543. The van der Waals surface area contributed by atoms with Crippen LogP contribution in [-0.4, -0.2) is 34.9 Å². The van der Waals surface area contributed by atoms with E-state index in [2.05, 4.69) is 92.1 Å². The Morgan fingerprint density at radius 2 is 0.746 bits per heavy atom. The van der Waals surface area contributed by atoms with Crippen LogP contribution >= 0.6 is 0 Å². The molecule has 3 N–H and O–H groups in total. The molecule has 0 bridgehead atoms. The van der Waals surface area contributed by atoms with Crippen LogP contribution in [0.3, 0.4) is 0 Å². The third-order valence-corrected chi connectivity index (χ3v) is 11.5. The SMILES string of the molecule is CC/C=C\C/C=C\C/C=C\C/C=C\C/C=C\C/C=C\CCCCCCCCCCCCC(=O)NC(CO)C(O)CCCCCCCCCCCCCCCCCCCC. The molecular weight excluding hydrogens is 723 g/mol. The molecule has 59 heavy (non-hydrogen) atoms. The predicted octanol–water partition coefficient (Wildman–Crippen LogP) is 16.6. The van der Waals surface area contributed by atoms with Gasteiger partial charge in [0.25, 0.3) is 0 Å². The zero-order chi connectivity index (χ0) is 42.8. The van der Waals surface area contributed by atoms with Crippen molar-refractivity contribution in [2.45, 2.75) is 264 Å². The molecule has 0 radical (unpaired) electrons. The molecule has 0 aliphatic carbocycles. The largest absolute Gasteiger partial charge is 0.394 e. The lowest BCUT2D eigenvalue weighted by Crippen LogP contribution is -2.45. The fourth-order valence-corrected chi connectivity index (χ4v) is 7.60. The van der Waals surface area contributed by atoms with E-state index in [-0.39, 0.29) is 12.5 Å². The molecular formula is C55H99NO3. The highest BCUT2D eigenvalue weighted by Crippen LogP contribution is 2.16. The van der Waals surface area contributed by atoms with Crippen molar-refractivity contribution in [3.63, 3.8) is 0 Å². The van der Waals surface area contributed by atoms with E-state index in [4.69, 9.17) is 0 Å². The number of nitrogens with one attached hydrogen (secondary N) is 1. The van der Waals surface area contributed by atoms with E-state index in [1.165, 1.54) is 161 Å². The van der Waals surface area contributed by atoms with E-state index in [0.29, 0.717) is 12.8 Å². The van der Waals surface area contributed by atoms with Gasteiger partial charge in [0.1, 0.15) is 0 Å². The van der Waals surface area contributed by atoms with Gasteiger partial charge in [0, 0.05) is 6.42 Å². The second kappa shape index (κ2) is 50.2. The number of unbranched alkanes of at least 4 members (excludes halogenated alkanes) is 27. The first-order chi connectivity index (χ1) is 29.2. The molecule has 0 heterocycles. The van der Waals surface area contributed by atoms with Crippen molar-refractivity contribution in [2.75, 3.05) is 6.61 Å². The van der Waals surface area contributed by atoms with Crippen molar-refractivity contribution in [3.8, 4) is 0 Å². The molecule has 4 heteroatoms. The maximum Gasteiger partial charge on any atom is 0.220 e. The first-order valence-electron chi connectivity index (χ1n) is 25.6. The molecule has 342 valence electrons. The predicted molar refractivity (Wildman–Crippen MR) is 262 cm³/mol. The van der Waals surface area contributed by atoms with Crippen LogP contribution in [0.1, 0.15) is 251 Å². The third-order valence-electron chi connectivity index (χ3n) is 11.5. The van der Waals surface area contributed by atoms with Gasteiger partial charge < -0.3 is 15.5 Å². The van der Waals surface area contributed by atoms with Crippen LogP contribution in [0, 0.1) is 0 Å². The first-order valence-corrected chi connectivity index (χ1v) is 25.6. The number of aliphatic hydroxyl groups is 2. The molecule has 0 aromatic carbocycles. The summed E-state index contributed by atoms with van der Waals surface area (Å²) in [7, 11) is 0. The Morgan fingerprint density at radius 1 is 0.424 bits per heavy atom. The molecule has 0 rings (SSSR count). The van der Waals surface area contributed by atoms with Crippen molar-refractivity contribution < 1.29 is 15.0 Å². The number of allylic oxidation sites excluding steroid dienone is 12. The minimum Gasteiger partial charge on any atom is -0.394 e. The average Bonchev–Trinajstić information content (AvgIpc) is 3.24. The standard InChI is InChI=1S/C55H99NO3/c1-3-5-7-9-11-13-15-17-19-21-23-24-25-26-27-28-29-30-31-32-33-35-37-39-41-43-45-47-49-51-55(59)56-53(52-57)54(58)50-48-46-44-42-40-38-36-34-22-20-18-16-14-12-10-8-6-4-2/h5,7,11,13,17,19,23-24,26-27,29-30,53-54,57-58H,3-4,6,8-10,12,14-16,18,20-22,25,28,31-52H2,1-2H3,(H,56,59)/b7-5-,13-11-,19-17-,24-23-,27-26-,30-29-. The smallest absolute Gasteiger partial charge is 0.220 e. The highest BCUT2D eigenvalue weighted by Gasteiger charge is 2.20. The van der Waals surface area contributed by atoms with Crippen LogP contribution in [0.4, 0.5) is 0 Å². The van der Waals surface area contributed by atoms with Crippen LogP contribution in [0.2, 0.25) is 0 Å². The van der Waals surface area contributed by atoms with Crippen LogP contribution < -0.4 is 5.32 Å². The van der Waals surface area contributed by atoms with Gasteiger partial charge in [0.15, 0.2) is 0 Å². The lowest BCUT2D eigenvalue weighted by molar-refractivity contribution is -0.123. The summed E-state index contributed by atoms with van der Waals surface area (Å²) >= 11 is 0.